The molecule has 0 bridgehead atoms. The molecule has 1 amide bonds. The minimum Gasteiger partial charge on any atom is -0.494 e. The van der Waals surface area contributed by atoms with Gasteiger partial charge in [0.15, 0.2) is 0 Å². The molecule has 8 heteroatoms. The van der Waals surface area contributed by atoms with E-state index in [0.717, 1.165) is 17.6 Å². The van der Waals surface area contributed by atoms with Crippen molar-refractivity contribution in [3.05, 3.63) is 58.6 Å². The Bertz CT molecular complexity index is 851. The van der Waals surface area contributed by atoms with Crippen LogP contribution >= 0.6 is 11.6 Å². The van der Waals surface area contributed by atoms with Gasteiger partial charge in [0, 0.05) is 12.2 Å². The lowest BCUT2D eigenvalue weighted by Gasteiger charge is -2.10. The van der Waals surface area contributed by atoms with Gasteiger partial charge >= 0.3 is 0 Å². The fraction of sp³-hybridized carbons (Fsp3) is 0.235. The number of hydrogen-bond donors (Lipinski definition) is 2. The summed E-state index contributed by atoms with van der Waals surface area (Å²) >= 11 is 6.08. The van der Waals surface area contributed by atoms with Gasteiger partial charge in [-0.05, 0) is 42.8 Å². The first-order chi connectivity index (χ1) is 11.8. The number of sulfonamides is 1. The van der Waals surface area contributed by atoms with E-state index < -0.39 is 10.0 Å². The molecule has 0 aliphatic carbocycles. The van der Waals surface area contributed by atoms with Gasteiger partial charge < -0.3 is 10.1 Å². The van der Waals surface area contributed by atoms with E-state index in [0.29, 0.717) is 18.8 Å². The van der Waals surface area contributed by atoms with E-state index in [-0.39, 0.29) is 16.5 Å². The number of carbonyl (C=O) groups is 1. The highest BCUT2D eigenvalue weighted by atomic mass is 35.5. The van der Waals surface area contributed by atoms with Gasteiger partial charge in [-0.25, -0.2) is 8.42 Å². The third-order valence-corrected chi connectivity index (χ3v) is 4.12. The van der Waals surface area contributed by atoms with E-state index >= 15 is 0 Å². The largest absolute Gasteiger partial charge is 0.494 e. The average molecular weight is 383 g/mol. The van der Waals surface area contributed by atoms with E-state index in [1.165, 1.54) is 18.2 Å². The fourth-order valence-electron chi connectivity index (χ4n) is 2.12. The summed E-state index contributed by atoms with van der Waals surface area (Å²) in [6.07, 6.45) is 1.04. The van der Waals surface area contributed by atoms with Crippen LogP contribution in [0.2, 0.25) is 5.02 Å². The van der Waals surface area contributed by atoms with Gasteiger partial charge in [0.05, 0.1) is 23.4 Å². The molecular weight excluding hydrogens is 364 g/mol. The molecule has 0 aromatic heterocycles. The number of ether oxygens (including phenoxy) is 1. The first-order valence-electron chi connectivity index (χ1n) is 7.56. The summed E-state index contributed by atoms with van der Waals surface area (Å²) in [5.41, 5.74) is 1.49. The summed E-state index contributed by atoms with van der Waals surface area (Å²) in [6, 6.07) is 11.8. The lowest BCUT2D eigenvalue weighted by atomic mass is 10.1. The Labute approximate surface area is 152 Å². The summed E-state index contributed by atoms with van der Waals surface area (Å²) in [7, 11) is -3.40. The van der Waals surface area contributed by atoms with Crippen LogP contribution in [0, 0.1) is 0 Å². The maximum atomic E-state index is 12.2. The van der Waals surface area contributed by atoms with E-state index in [1.807, 2.05) is 31.2 Å². The predicted octanol–water partition coefficient (Wildman–Crippen LogP) is 3.04. The van der Waals surface area contributed by atoms with Gasteiger partial charge in [-0.15, -0.1) is 0 Å². The van der Waals surface area contributed by atoms with E-state index in [2.05, 4.69) is 10.0 Å². The monoisotopic (exact) mass is 382 g/mol. The van der Waals surface area contributed by atoms with Gasteiger partial charge in [-0.3, -0.25) is 9.52 Å². The molecule has 2 aromatic carbocycles. The lowest BCUT2D eigenvalue weighted by molar-refractivity contribution is 0.0951. The molecule has 2 rings (SSSR count). The standard InChI is InChI=1S/C17H19ClN2O4S/c1-3-24-14-7-4-12(5-8-14)11-19-17(21)15-9-6-13(10-16(15)18)20-25(2,22)23/h4-10,20H,3,11H2,1-2H3,(H,19,21). The van der Waals surface area contributed by atoms with E-state index in [1.54, 1.807) is 0 Å². The zero-order chi connectivity index (χ0) is 18.4. The number of benzene rings is 2. The molecule has 0 spiro atoms. The van der Waals surface area contributed by atoms with Crippen LogP contribution in [-0.4, -0.2) is 27.2 Å². The third kappa shape index (κ3) is 5.95. The Morgan fingerprint density at radius 3 is 2.40 bits per heavy atom. The number of amides is 1. The number of rotatable bonds is 7. The van der Waals surface area contributed by atoms with Gasteiger partial charge in [0.25, 0.3) is 5.91 Å². The molecule has 0 aliphatic rings. The molecule has 0 heterocycles. The zero-order valence-corrected chi connectivity index (χ0v) is 15.4. The van der Waals surface area contributed by atoms with E-state index in [9.17, 15) is 13.2 Å². The van der Waals surface area contributed by atoms with Crippen LogP contribution in [0.5, 0.6) is 5.75 Å². The smallest absolute Gasteiger partial charge is 0.253 e. The van der Waals surface area contributed by atoms with Crippen molar-refractivity contribution in [3.8, 4) is 5.75 Å². The van der Waals surface area contributed by atoms with Crippen molar-refractivity contribution in [2.75, 3.05) is 17.6 Å². The van der Waals surface area contributed by atoms with Crippen molar-refractivity contribution in [1.82, 2.24) is 5.32 Å². The average Bonchev–Trinajstić information content (AvgIpc) is 2.53. The molecular formula is C17H19ClN2O4S. The minimum absolute atomic E-state index is 0.165. The van der Waals surface area contributed by atoms with Crippen LogP contribution in [-0.2, 0) is 16.6 Å². The highest BCUT2D eigenvalue weighted by molar-refractivity contribution is 7.92. The number of carbonyl (C=O) groups excluding carboxylic acids is 1. The molecule has 25 heavy (non-hydrogen) atoms. The highest BCUT2D eigenvalue weighted by Gasteiger charge is 2.12. The first-order valence-corrected chi connectivity index (χ1v) is 9.82. The van der Waals surface area contributed by atoms with Crippen LogP contribution in [0.1, 0.15) is 22.8 Å². The topological polar surface area (TPSA) is 84.5 Å². The third-order valence-electron chi connectivity index (χ3n) is 3.20. The van der Waals surface area contributed by atoms with Crippen LogP contribution < -0.4 is 14.8 Å². The Hall–Kier alpha value is -2.25. The van der Waals surface area contributed by atoms with Crippen molar-refractivity contribution in [3.63, 3.8) is 0 Å². The maximum absolute atomic E-state index is 12.2. The van der Waals surface area contributed by atoms with Crippen LogP contribution in [0.25, 0.3) is 0 Å². The molecule has 0 radical (unpaired) electrons. The summed E-state index contributed by atoms with van der Waals surface area (Å²) in [6.45, 7) is 2.85. The molecule has 0 atom stereocenters. The molecule has 0 fully saturated rings. The molecule has 0 unspecified atom stereocenters. The number of halogens is 1. The fourth-order valence-corrected chi connectivity index (χ4v) is 2.95. The Kier molecular flexibility index (Phi) is 6.27. The minimum atomic E-state index is -3.40. The second-order valence-electron chi connectivity index (χ2n) is 5.33. The molecule has 0 saturated carbocycles. The molecule has 6 nitrogen and oxygen atoms in total. The number of anilines is 1. The Morgan fingerprint density at radius 1 is 1.16 bits per heavy atom. The second kappa shape index (κ2) is 8.22. The summed E-state index contributed by atoms with van der Waals surface area (Å²) in [5.74, 6) is 0.430. The van der Waals surface area contributed by atoms with Crippen molar-refractivity contribution < 1.29 is 17.9 Å². The van der Waals surface area contributed by atoms with Crippen LogP contribution in [0.4, 0.5) is 5.69 Å². The van der Waals surface area contributed by atoms with Crippen molar-refractivity contribution in [2.45, 2.75) is 13.5 Å². The molecule has 0 aliphatic heterocycles. The zero-order valence-electron chi connectivity index (χ0n) is 13.9. The van der Waals surface area contributed by atoms with Gasteiger partial charge in [0.2, 0.25) is 10.0 Å². The quantitative estimate of drug-likeness (QED) is 0.770. The normalized spacial score (nSPS) is 11.0. The van der Waals surface area contributed by atoms with Crippen molar-refractivity contribution >= 4 is 33.2 Å². The van der Waals surface area contributed by atoms with Gasteiger partial charge in [0.1, 0.15) is 5.75 Å². The molecule has 2 N–H and O–H groups in total. The Balaban J connectivity index is 2.00. The molecule has 2 aromatic rings. The summed E-state index contributed by atoms with van der Waals surface area (Å²) in [5, 5.41) is 2.94. The number of hydrogen-bond acceptors (Lipinski definition) is 4. The molecule has 0 saturated heterocycles. The van der Waals surface area contributed by atoms with E-state index in [4.69, 9.17) is 16.3 Å². The highest BCUT2D eigenvalue weighted by Crippen LogP contribution is 2.22. The van der Waals surface area contributed by atoms with Crippen LogP contribution in [0.15, 0.2) is 42.5 Å². The Morgan fingerprint density at radius 2 is 1.84 bits per heavy atom. The lowest BCUT2D eigenvalue weighted by Crippen LogP contribution is -2.23. The predicted molar refractivity (Wildman–Crippen MR) is 98.7 cm³/mol. The SMILES string of the molecule is CCOc1ccc(CNC(=O)c2ccc(NS(C)(=O)=O)cc2Cl)cc1. The first kappa shape index (κ1) is 19.1. The molecule has 134 valence electrons. The maximum Gasteiger partial charge on any atom is 0.253 e. The van der Waals surface area contributed by atoms with Gasteiger partial charge in [-0.2, -0.15) is 0 Å². The van der Waals surface area contributed by atoms with Crippen molar-refractivity contribution in [1.29, 1.82) is 0 Å². The van der Waals surface area contributed by atoms with Gasteiger partial charge in [-0.1, -0.05) is 23.7 Å². The number of nitrogens with one attached hydrogen (secondary N) is 2. The summed E-state index contributed by atoms with van der Waals surface area (Å²) < 4.78 is 30.1. The van der Waals surface area contributed by atoms with Crippen molar-refractivity contribution in [2.24, 2.45) is 0 Å². The van der Waals surface area contributed by atoms with Crippen LogP contribution in [0.3, 0.4) is 0 Å². The second-order valence-corrected chi connectivity index (χ2v) is 7.48. The summed E-state index contributed by atoms with van der Waals surface area (Å²) in [4.78, 5) is 12.2.